The van der Waals surface area contributed by atoms with Crippen LogP contribution in [0.4, 0.5) is 0 Å². The van der Waals surface area contributed by atoms with Crippen LogP contribution in [0.3, 0.4) is 0 Å². The highest BCUT2D eigenvalue weighted by Crippen LogP contribution is 2.54. The Bertz CT molecular complexity index is 382. The van der Waals surface area contributed by atoms with Gasteiger partial charge in [0.15, 0.2) is 0 Å². The number of Topliss-reactive ketones (excluding diaryl/α,β-unsaturated/α-hetero) is 1. The smallest absolute Gasteiger partial charge is 0.133 e. The van der Waals surface area contributed by atoms with Crippen LogP contribution >= 0.6 is 0 Å². The molecule has 84 valence electrons. The second kappa shape index (κ2) is 4.04. The number of hydrogen-bond acceptors (Lipinski definition) is 1. The Balaban J connectivity index is 1.65. The van der Waals surface area contributed by atoms with Crippen molar-refractivity contribution < 1.29 is 4.79 Å². The van der Waals surface area contributed by atoms with E-state index >= 15 is 0 Å². The van der Waals surface area contributed by atoms with Gasteiger partial charge in [-0.3, -0.25) is 4.79 Å². The Kier molecular flexibility index (Phi) is 2.55. The van der Waals surface area contributed by atoms with Crippen LogP contribution in [0.2, 0.25) is 0 Å². The number of ketones is 1. The van der Waals surface area contributed by atoms with Crippen LogP contribution in [0.5, 0.6) is 0 Å². The number of benzene rings is 1. The van der Waals surface area contributed by atoms with E-state index in [-0.39, 0.29) is 0 Å². The van der Waals surface area contributed by atoms with E-state index in [4.69, 9.17) is 0 Å². The second-order valence-corrected chi connectivity index (χ2v) is 5.31. The molecular formula is C15H18O. The Labute approximate surface area is 96.9 Å². The fraction of sp³-hybridized carbons (Fsp3) is 0.533. The Hall–Kier alpha value is -1.11. The van der Waals surface area contributed by atoms with Crippen LogP contribution in [0, 0.1) is 11.8 Å². The van der Waals surface area contributed by atoms with E-state index < -0.39 is 0 Å². The van der Waals surface area contributed by atoms with Crippen molar-refractivity contribution in [1.29, 1.82) is 0 Å². The van der Waals surface area contributed by atoms with Crippen LogP contribution in [-0.2, 0) is 4.79 Å². The van der Waals surface area contributed by atoms with Crippen LogP contribution < -0.4 is 0 Å². The molecule has 0 heterocycles. The zero-order valence-electron chi connectivity index (χ0n) is 9.56. The summed E-state index contributed by atoms with van der Waals surface area (Å²) in [4.78, 5) is 11.4. The van der Waals surface area contributed by atoms with Gasteiger partial charge in [0.25, 0.3) is 0 Å². The van der Waals surface area contributed by atoms with E-state index in [1.165, 1.54) is 18.4 Å². The molecular weight excluding hydrogens is 196 g/mol. The lowest BCUT2D eigenvalue weighted by Gasteiger charge is -2.20. The molecule has 3 rings (SSSR count). The van der Waals surface area contributed by atoms with E-state index in [2.05, 4.69) is 30.3 Å². The first-order chi connectivity index (χ1) is 7.84. The number of hydrogen-bond donors (Lipinski definition) is 0. The zero-order valence-corrected chi connectivity index (χ0v) is 9.56. The lowest BCUT2D eigenvalue weighted by atomic mass is 9.84. The van der Waals surface area contributed by atoms with Crippen LogP contribution in [0.25, 0.3) is 0 Å². The quantitative estimate of drug-likeness (QED) is 0.735. The monoisotopic (exact) mass is 214 g/mol. The van der Waals surface area contributed by atoms with Crippen molar-refractivity contribution in [3.63, 3.8) is 0 Å². The molecule has 0 spiro atoms. The van der Waals surface area contributed by atoms with Crippen molar-refractivity contribution in [2.75, 3.05) is 0 Å². The molecule has 1 nitrogen and oxygen atoms in total. The molecule has 2 aliphatic rings. The molecule has 1 aromatic carbocycles. The Morgan fingerprint density at radius 1 is 1.12 bits per heavy atom. The van der Waals surface area contributed by atoms with Gasteiger partial charge in [0.2, 0.25) is 0 Å². The summed E-state index contributed by atoms with van der Waals surface area (Å²) in [6.07, 6.45) is 5.40. The largest absolute Gasteiger partial charge is 0.300 e. The molecule has 0 aromatic heterocycles. The fourth-order valence-corrected chi connectivity index (χ4v) is 3.24. The summed E-state index contributed by atoms with van der Waals surface area (Å²) >= 11 is 0. The summed E-state index contributed by atoms with van der Waals surface area (Å²) in [7, 11) is 0. The van der Waals surface area contributed by atoms with Crippen molar-refractivity contribution in [3.05, 3.63) is 35.9 Å². The standard InChI is InChI=1S/C15H18O/c16-13-8-4-7-12(9-13)15-10-14(15)11-5-2-1-3-6-11/h1-3,5-6,12,14-15H,4,7-10H2. The molecule has 0 amide bonds. The second-order valence-electron chi connectivity index (χ2n) is 5.31. The minimum absolute atomic E-state index is 0.495. The predicted molar refractivity (Wildman–Crippen MR) is 64.3 cm³/mol. The third kappa shape index (κ3) is 1.91. The highest BCUT2D eigenvalue weighted by molar-refractivity contribution is 5.79. The van der Waals surface area contributed by atoms with E-state index in [1.807, 2.05) is 0 Å². The van der Waals surface area contributed by atoms with Gasteiger partial charge >= 0.3 is 0 Å². The number of rotatable bonds is 2. The minimum atomic E-state index is 0.495. The van der Waals surface area contributed by atoms with Crippen LogP contribution in [-0.4, -0.2) is 5.78 Å². The SMILES string of the molecule is O=C1CCCC(C2CC2c2ccccc2)C1. The maximum atomic E-state index is 11.4. The molecule has 2 aliphatic carbocycles. The Morgan fingerprint density at radius 3 is 2.69 bits per heavy atom. The average molecular weight is 214 g/mol. The number of carbonyl (C=O) groups is 1. The molecule has 1 aromatic rings. The Morgan fingerprint density at radius 2 is 1.94 bits per heavy atom. The summed E-state index contributed by atoms with van der Waals surface area (Å²) in [5.74, 6) is 2.73. The molecule has 0 aliphatic heterocycles. The van der Waals surface area contributed by atoms with Crippen molar-refractivity contribution in [2.45, 2.75) is 38.0 Å². The van der Waals surface area contributed by atoms with E-state index in [0.717, 1.165) is 31.1 Å². The molecule has 0 bridgehead atoms. The van der Waals surface area contributed by atoms with E-state index in [9.17, 15) is 4.79 Å². The van der Waals surface area contributed by atoms with E-state index in [1.54, 1.807) is 0 Å². The van der Waals surface area contributed by atoms with Gasteiger partial charge in [0.05, 0.1) is 0 Å². The van der Waals surface area contributed by atoms with Crippen molar-refractivity contribution in [3.8, 4) is 0 Å². The van der Waals surface area contributed by atoms with Crippen molar-refractivity contribution >= 4 is 5.78 Å². The molecule has 1 heteroatoms. The van der Waals surface area contributed by atoms with Crippen molar-refractivity contribution in [1.82, 2.24) is 0 Å². The van der Waals surface area contributed by atoms with Gasteiger partial charge in [0.1, 0.15) is 5.78 Å². The first kappa shape index (κ1) is 10.1. The third-order valence-corrected chi connectivity index (χ3v) is 4.19. The molecule has 3 atom stereocenters. The maximum absolute atomic E-state index is 11.4. The third-order valence-electron chi connectivity index (χ3n) is 4.19. The minimum Gasteiger partial charge on any atom is -0.300 e. The van der Waals surface area contributed by atoms with Gasteiger partial charge in [0, 0.05) is 12.8 Å². The van der Waals surface area contributed by atoms with Crippen LogP contribution in [0.1, 0.15) is 43.6 Å². The van der Waals surface area contributed by atoms with Gasteiger partial charge in [-0.05, 0) is 42.6 Å². The summed E-state index contributed by atoms with van der Waals surface area (Å²) < 4.78 is 0. The number of carbonyl (C=O) groups excluding carboxylic acids is 1. The normalized spacial score (nSPS) is 33.8. The maximum Gasteiger partial charge on any atom is 0.133 e. The average Bonchev–Trinajstić information content (AvgIpc) is 3.10. The molecule has 16 heavy (non-hydrogen) atoms. The molecule has 0 N–H and O–H groups in total. The lowest BCUT2D eigenvalue weighted by Crippen LogP contribution is -2.16. The predicted octanol–water partition coefficient (Wildman–Crippen LogP) is 3.55. The summed E-state index contributed by atoms with van der Waals surface area (Å²) in [6, 6.07) is 10.8. The first-order valence-electron chi connectivity index (χ1n) is 6.41. The highest BCUT2D eigenvalue weighted by Gasteiger charge is 2.44. The highest BCUT2D eigenvalue weighted by atomic mass is 16.1. The molecule has 0 saturated heterocycles. The fourth-order valence-electron chi connectivity index (χ4n) is 3.24. The topological polar surface area (TPSA) is 17.1 Å². The molecule has 2 fully saturated rings. The first-order valence-corrected chi connectivity index (χ1v) is 6.41. The van der Waals surface area contributed by atoms with E-state index in [0.29, 0.717) is 11.7 Å². The summed E-state index contributed by atoms with van der Waals surface area (Å²) in [5, 5.41) is 0. The summed E-state index contributed by atoms with van der Waals surface area (Å²) in [5.41, 5.74) is 1.48. The summed E-state index contributed by atoms with van der Waals surface area (Å²) in [6.45, 7) is 0. The van der Waals surface area contributed by atoms with Gasteiger partial charge in [-0.15, -0.1) is 0 Å². The molecule has 3 unspecified atom stereocenters. The zero-order chi connectivity index (χ0) is 11.0. The lowest BCUT2D eigenvalue weighted by molar-refractivity contribution is -0.121. The van der Waals surface area contributed by atoms with Gasteiger partial charge in [-0.2, -0.15) is 0 Å². The van der Waals surface area contributed by atoms with Gasteiger partial charge in [-0.25, -0.2) is 0 Å². The molecule has 0 radical (unpaired) electrons. The van der Waals surface area contributed by atoms with Gasteiger partial charge in [-0.1, -0.05) is 30.3 Å². The van der Waals surface area contributed by atoms with Crippen LogP contribution in [0.15, 0.2) is 30.3 Å². The molecule has 2 saturated carbocycles. The van der Waals surface area contributed by atoms with Crippen molar-refractivity contribution in [2.24, 2.45) is 11.8 Å². The van der Waals surface area contributed by atoms with Gasteiger partial charge < -0.3 is 0 Å².